The van der Waals surface area contributed by atoms with Crippen LogP contribution in [0.5, 0.6) is 0 Å². The second kappa shape index (κ2) is 37.5. The Balaban J connectivity index is 3.41. The lowest BCUT2D eigenvalue weighted by Crippen LogP contribution is -2.14. The monoisotopic (exact) mass is 626 g/mol. The van der Waals surface area contributed by atoms with Crippen molar-refractivity contribution in [1.82, 2.24) is 0 Å². The lowest BCUT2D eigenvalue weighted by molar-refractivity contribution is -0.146. The van der Waals surface area contributed by atoms with E-state index in [1.54, 1.807) is 0 Å². The number of ether oxygens (including phenoxy) is 3. The highest BCUT2D eigenvalue weighted by molar-refractivity contribution is 5.69. The number of esters is 2. The summed E-state index contributed by atoms with van der Waals surface area (Å²) < 4.78 is 15.9. The number of carbonyl (C=O) groups is 2. The average Bonchev–Trinajstić information content (AvgIpc) is 3.04. The molecule has 45 heavy (non-hydrogen) atoms. The van der Waals surface area contributed by atoms with E-state index in [0.29, 0.717) is 26.1 Å². The topological polar surface area (TPSA) is 61.8 Å². The molecule has 5 nitrogen and oxygen atoms in total. The van der Waals surface area contributed by atoms with Crippen molar-refractivity contribution >= 4 is 11.9 Å². The molecule has 0 aromatic carbocycles. The third-order valence-corrected chi connectivity index (χ3v) is 7.14. The lowest BCUT2D eigenvalue weighted by atomic mass is 10.1. The van der Waals surface area contributed by atoms with Crippen LogP contribution in [0, 0.1) is 0 Å². The minimum Gasteiger partial charge on any atom is -0.463 e. The van der Waals surface area contributed by atoms with Crippen molar-refractivity contribution in [2.45, 2.75) is 142 Å². The van der Waals surface area contributed by atoms with Crippen molar-refractivity contribution in [2.24, 2.45) is 0 Å². The number of hydrogen-bond donors (Lipinski definition) is 0. The minimum atomic E-state index is -0.168. The molecule has 0 rings (SSSR count). The van der Waals surface area contributed by atoms with Gasteiger partial charge in [-0.2, -0.15) is 0 Å². The van der Waals surface area contributed by atoms with Crippen LogP contribution in [0.4, 0.5) is 0 Å². The first-order valence-corrected chi connectivity index (χ1v) is 18.1. The summed E-state index contributed by atoms with van der Waals surface area (Å²) in [5.74, 6) is -0.337. The van der Waals surface area contributed by atoms with Crippen molar-refractivity contribution < 1.29 is 23.8 Å². The molecule has 0 fully saturated rings. The zero-order chi connectivity index (χ0) is 32.7. The summed E-state index contributed by atoms with van der Waals surface area (Å²) in [6.07, 6.45) is 47.0. The van der Waals surface area contributed by atoms with Gasteiger partial charge in [0.25, 0.3) is 0 Å². The lowest BCUT2D eigenvalue weighted by Gasteiger charge is -2.07. The van der Waals surface area contributed by atoms with Gasteiger partial charge in [0.2, 0.25) is 0 Å². The van der Waals surface area contributed by atoms with Crippen LogP contribution in [0.2, 0.25) is 0 Å². The summed E-state index contributed by atoms with van der Waals surface area (Å²) in [5.41, 5.74) is 0. The van der Waals surface area contributed by atoms with E-state index in [0.717, 1.165) is 64.2 Å². The first-order valence-electron chi connectivity index (χ1n) is 18.1. The summed E-state index contributed by atoms with van der Waals surface area (Å²) in [7, 11) is 0. The van der Waals surface area contributed by atoms with E-state index in [4.69, 9.17) is 14.2 Å². The molecule has 0 radical (unpaired) electrons. The van der Waals surface area contributed by atoms with E-state index in [1.165, 1.54) is 51.4 Å². The predicted molar refractivity (Wildman–Crippen MR) is 191 cm³/mol. The van der Waals surface area contributed by atoms with Crippen LogP contribution in [-0.4, -0.2) is 38.4 Å². The molecule has 0 aromatic rings. The Hall–Kier alpha value is -2.66. The third-order valence-electron chi connectivity index (χ3n) is 7.14. The van der Waals surface area contributed by atoms with E-state index in [-0.39, 0.29) is 25.2 Å². The van der Waals surface area contributed by atoms with Crippen LogP contribution in [-0.2, 0) is 23.8 Å². The van der Waals surface area contributed by atoms with Crippen molar-refractivity contribution in [2.75, 3.05) is 26.4 Å². The largest absolute Gasteiger partial charge is 0.463 e. The van der Waals surface area contributed by atoms with E-state index in [2.05, 4.69) is 86.8 Å². The van der Waals surface area contributed by atoms with Gasteiger partial charge in [0.05, 0.1) is 13.2 Å². The van der Waals surface area contributed by atoms with Gasteiger partial charge in [-0.3, -0.25) is 9.59 Å². The van der Waals surface area contributed by atoms with Crippen molar-refractivity contribution in [1.29, 1.82) is 0 Å². The van der Waals surface area contributed by atoms with Crippen LogP contribution in [0.1, 0.15) is 142 Å². The summed E-state index contributed by atoms with van der Waals surface area (Å²) in [4.78, 5) is 23.7. The van der Waals surface area contributed by atoms with Crippen LogP contribution in [0.15, 0.2) is 72.9 Å². The van der Waals surface area contributed by atoms with E-state index >= 15 is 0 Å². The number of hydrogen-bond acceptors (Lipinski definition) is 5. The number of rotatable bonds is 32. The van der Waals surface area contributed by atoms with Crippen LogP contribution < -0.4 is 0 Å². The number of unbranched alkanes of at least 4 members (excludes halogenated alkanes) is 14. The Labute approximate surface area is 276 Å². The normalized spacial score (nSPS) is 12.3. The summed E-state index contributed by atoms with van der Waals surface area (Å²) in [5, 5.41) is 0. The Morgan fingerprint density at radius 2 is 0.733 bits per heavy atom. The molecule has 0 unspecified atom stereocenters. The SMILES string of the molecule is CCCC/C=C/C=C/C=C/CCCCCCCC(=O)OCCOCCOC(=O)CCCCCCC/C=C/C=C/C=C/CCCC. The van der Waals surface area contributed by atoms with Gasteiger partial charge in [-0.15, -0.1) is 0 Å². The Kier molecular flexibility index (Phi) is 35.3. The Morgan fingerprint density at radius 3 is 1.11 bits per heavy atom. The van der Waals surface area contributed by atoms with E-state index in [9.17, 15) is 9.59 Å². The highest BCUT2D eigenvalue weighted by Crippen LogP contribution is 2.09. The molecule has 0 aliphatic heterocycles. The van der Waals surface area contributed by atoms with Gasteiger partial charge in [-0.25, -0.2) is 0 Å². The molecular weight excluding hydrogens is 560 g/mol. The molecule has 0 saturated heterocycles. The third kappa shape index (κ3) is 37.4. The molecule has 256 valence electrons. The molecule has 0 aliphatic rings. The van der Waals surface area contributed by atoms with Gasteiger partial charge in [-0.05, 0) is 51.4 Å². The highest BCUT2D eigenvalue weighted by Gasteiger charge is 2.04. The molecule has 0 heterocycles. The summed E-state index contributed by atoms with van der Waals surface area (Å²) >= 11 is 0. The second-order valence-corrected chi connectivity index (χ2v) is 11.4. The van der Waals surface area contributed by atoms with Crippen LogP contribution in [0.25, 0.3) is 0 Å². The van der Waals surface area contributed by atoms with Gasteiger partial charge in [0, 0.05) is 12.8 Å². The molecule has 0 saturated carbocycles. The van der Waals surface area contributed by atoms with Gasteiger partial charge in [-0.1, -0.05) is 151 Å². The molecule has 5 heteroatoms. The van der Waals surface area contributed by atoms with Crippen molar-refractivity contribution in [3.8, 4) is 0 Å². The fraction of sp³-hybridized carbons (Fsp3) is 0.650. The molecule has 0 amide bonds. The maximum atomic E-state index is 11.9. The molecule has 0 spiro atoms. The molecule has 0 N–H and O–H groups in total. The zero-order valence-corrected chi connectivity index (χ0v) is 28.9. The zero-order valence-electron chi connectivity index (χ0n) is 28.9. The molecule has 0 aliphatic carbocycles. The number of allylic oxidation sites excluding steroid dienone is 12. The minimum absolute atomic E-state index is 0.168. The fourth-order valence-electron chi connectivity index (χ4n) is 4.40. The maximum Gasteiger partial charge on any atom is 0.305 e. The predicted octanol–water partition coefficient (Wildman–Crippen LogP) is 11.3. The van der Waals surface area contributed by atoms with Crippen LogP contribution in [0.3, 0.4) is 0 Å². The maximum absolute atomic E-state index is 11.9. The molecular formula is C40H66O5. The first-order chi connectivity index (χ1) is 22.2. The Bertz CT molecular complexity index is 766. The van der Waals surface area contributed by atoms with Gasteiger partial charge >= 0.3 is 11.9 Å². The standard InChI is InChI=1S/C40H66O5/c1-3-5-7-9-11-13-15-17-19-21-23-25-27-29-31-33-39(41)44-37-35-43-36-38-45-40(42)34-32-30-28-26-24-22-20-18-16-14-12-10-8-6-4-2/h9-20H,3-8,21-38H2,1-2H3/b11-9+,12-10+,15-13+,16-14+,19-17+,20-18+. The molecule has 0 atom stereocenters. The average molecular weight is 627 g/mol. The second-order valence-electron chi connectivity index (χ2n) is 11.4. The fourth-order valence-corrected chi connectivity index (χ4v) is 4.40. The van der Waals surface area contributed by atoms with E-state index < -0.39 is 0 Å². The van der Waals surface area contributed by atoms with E-state index in [1.807, 2.05) is 0 Å². The first kappa shape index (κ1) is 42.3. The van der Waals surface area contributed by atoms with Crippen molar-refractivity contribution in [3.05, 3.63) is 72.9 Å². The van der Waals surface area contributed by atoms with Crippen LogP contribution >= 0.6 is 0 Å². The summed E-state index contributed by atoms with van der Waals surface area (Å²) in [6.45, 7) is 5.55. The summed E-state index contributed by atoms with van der Waals surface area (Å²) in [6, 6.07) is 0. The highest BCUT2D eigenvalue weighted by atomic mass is 16.6. The van der Waals surface area contributed by atoms with Crippen molar-refractivity contribution in [3.63, 3.8) is 0 Å². The molecule has 0 aromatic heterocycles. The van der Waals surface area contributed by atoms with Gasteiger partial charge in [0.15, 0.2) is 0 Å². The smallest absolute Gasteiger partial charge is 0.305 e. The van der Waals surface area contributed by atoms with Gasteiger partial charge < -0.3 is 14.2 Å². The Morgan fingerprint density at radius 1 is 0.400 bits per heavy atom. The molecule has 0 bridgehead atoms. The quantitative estimate of drug-likeness (QED) is 0.0422. The van der Waals surface area contributed by atoms with Gasteiger partial charge in [0.1, 0.15) is 13.2 Å². The number of carbonyl (C=O) groups excluding carboxylic acids is 2.